The van der Waals surface area contributed by atoms with E-state index in [0.29, 0.717) is 15.6 Å². The zero-order chi connectivity index (χ0) is 15.9. The Balaban J connectivity index is 2.92. The Hall–Kier alpha value is -1.47. The summed E-state index contributed by atoms with van der Waals surface area (Å²) in [5.41, 5.74) is 0.622. The van der Waals surface area contributed by atoms with Crippen LogP contribution >= 0.6 is 11.6 Å². The van der Waals surface area contributed by atoms with Crippen molar-refractivity contribution in [1.82, 2.24) is 4.31 Å². The largest absolute Gasteiger partial charge is 0.493 e. The van der Waals surface area contributed by atoms with E-state index in [9.17, 15) is 13.2 Å². The van der Waals surface area contributed by atoms with E-state index in [1.165, 1.54) is 20.3 Å². The first kappa shape index (κ1) is 15.9. The molecule has 1 aliphatic heterocycles. The van der Waals surface area contributed by atoms with Crippen molar-refractivity contribution in [2.24, 2.45) is 0 Å². The van der Waals surface area contributed by atoms with Gasteiger partial charge in [0, 0.05) is 11.6 Å². The predicted molar refractivity (Wildman–Crippen MR) is 77.7 cm³/mol. The number of carbonyl (C=O) groups is 1. The number of carbonyl (C=O) groups excluding carboxylic acids is 1. The van der Waals surface area contributed by atoms with Crippen molar-refractivity contribution < 1.29 is 22.7 Å². The standard InChI is InChI=1S/C13H16ClNO5S/c1-7(2)10-11-9(5-8(19-3)12(10)20-4)21(17,18)15(6-14)13(11)16/h5,7H,6H2,1-4H3. The zero-order valence-corrected chi connectivity index (χ0v) is 13.7. The third-order valence-electron chi connectivity index (χ3n) is 3.36. The van der Waals surface area contributed by atoms with Gasteiger partial charge < -0.3 is 9.47 Å². The summed E-state index contributed by atoms with van der Waals surface area (Å²) in [5.74, 6) is -0.123. The Bertz CT molecular complexity index is 699. The van der Waals surface area contributed by atoms with Crippen LogP contribution in [0.5, 0.6) is 11.5 Å². The van der Waals surface area contributed by atoms with E-state index in [1.807, 2.05) is 13.8 Å². The van der Waals surface area contributed by atoms with Crippen LogP contribution in [-0.2, 0) is 10.0 Å². The number of hydrogen-bond acceptors (Lipinski definition) is 5. The second-order valence-electron chi connectivity index (χ2n) is 4.83. The summed E-state index contributed by atoms with van der Waals surface area (Å²) in [4.78, 5) is 12.3. The number of nitrogens with zero attached hydrogens (tertiary/aromatic N) is 1. The van der Waals surface area contributed by atoms with E-state index in [2.05, 4.69) is 0 Å². The Morgan fingerprint density at radius 1 is 1.29 bits per heavy atom. The van der Waals surface area contributed by atoms with Crippen molar-refractivity contribution >= 4 is 27.5 Å². The smallest absolute Gasteiger partial charge is 0.270 e. The third kappa shape index (κ3) is 2.15. The van der Waals surface area contributed by atoms with Crippen LogP contribution in [-0.4, -0.2) is 38.9 Å². The van der Waals surface area contributed by atoms with E-state index in [1.54, 1.807) is 0 Å². The first-order valence-corrected chi connectivity index (χ1v) is 8.20. The molecule has 0 N–H and O–H groups in total. The van der Waals surface area contributed by atoms with Gasteiger partial charge in [0.1, 0.15) is 10.9 Å². The Morgan fingerprint density at radius 3 is 2.33 bits per heavy atom. The van der Waals surface area contributed by atoms with Crippen molar-refractivity contribution in [2.45, 2.75) is 24.7 Å². The fourth-order valence-electron chi connectivity index (χ4n) is 2.44. The Labute approximate surface area is 128 Å². The van der Waals surface area contributed by atoms with E-state index in [0.717, 1.165) is 0 Å². The molecule has 0 fully saturated rings. The lowest BCUT2D eigenvalue weighted by molar-refractivity contribution is 0.0884. The lowest BCUT2D eigenvalue weighted by atomic mass is 9.95. The van der Waals surface area contributed by atoms with Gasteiger partial charge in [0.2, 0.25) is 0 Å². The minimum atomic E-state index is -3.94. The second-order valence-corrected chi connectivity index (χ2v) is 6.90. The average molecular weight is 334 g/mol. The minimum absolute atomic E-state index is 0.0884. The van der Waals surface area contributed by atoms with Gasteiger partial charge in [-0.25, -0.2) is 12.7 Å². The van der Waals surface area contributed by atoms with E-state index in [-0.39, 0.29) is 22.1 Å². The van der Waals surface area contributed by atoms with Crippen molar-refractivity contribution in [1.29, 1.82) is 0 Å². The van der Waals surface area contributed by atoms with Crippen molar-refractivity contribution in [3.63, 3.8) is 0 Å². The van der Waals surface area contributed by atoms with Crippen LogP contribution in [0.1, 0.15) is 35.7 Å². The van der Waals surface area contributed by atoms with Crippen LogP contribution in [0.25, 0.3) is 0 Å². The molecule has 6 nitrogen and oxygen atoms in total. The van der Waals surface area contributed by atoms with Gasteiger partial charge >= 0.3 is 0 Å². The number of benzene rings is 1. The van der Waals surface area contributed by atoms with E-state index < -0.39 is 21.9 Å². The zero-order valence-electron chi connectivity index (χ0n) is 12.1. The predicted octanol–water partition coefficient (Wildman–Crippen LogP) is 2.17. The number of rotatable bonds is 4. The maximum atomic E-state index is 12.4. The van der Waals surface area contributed by atoms with Crippen LogP contribution in [0.2, 0.25) is 0 Å². The van der Waals surface area contributed by atoms with Crippen molar-refractivity contribution in [2.75, 3.05) is 20.2 Å². The first-order valence-electron chi connectivity index (χ1n) is 6.23. The Morgan fingerprint density at radius 2 is 1.90 bits per heavy atom. The average Bonchev–Trinajstić information content (AvgIpc) is 2.62. The van der Waals surface area contributed by atoms with Crippen LogP contribution in [0, 0.1) is 0 Å². The van der Waals surface area contributed by atoms with Gasteiger partial charge in [-0.15, -0.1) is 11.6 Å². The molecule has 0 unspecified atom stereocenters. The maximum Gasteiger partial charge on any atom is 0.270 e. The lowest BCUT2D eigenvalue weighted by Gasteiger charge is -2.17. The van der Waals surface area contributed by atoms with E-state index >= 15 is 0 Å². The number of fused-ring (bicyclic) bond motifs is 1. The van der Waals surface area contributed by atoms with Gasteiger partial charge in [-0.1, -0.05) is 13.8 Å². The molecule has 0 radical (unpaired) electrons. The summed E-state index contributed by atoms with van der Waals surface area (Å²) in [7, 11) is -1.08. The van der Waals surface area contributed by atoms with Crippen molar-refractivity contribution in [3.8, 4) is 11.5 Å². The monoisotopic (exact) mass is 333 g/mol. The number of hydrogen-bond donors (Lipinski definition) is 0. The van der Waals surface area contributed by atoms with E-state index in [4.69, 9.17) is 21.1 Å². The van der Waals surface area contributed by atoms with Gasteiger partial charge in [-0.2, -0.15) is 0 Å². The fourth-order valence-corrected chi connectivity index (χ4v) is 4.32. The fraction of sp³-hybridized carbons (Fsp3) is 0.462. The molecule has 0 saturated carbocycles. The van der Waals surface area contributed by atoms with Crippen molar-refractivity contribution in [3.05, 3.63) is 17.2 Å². The van der Waals surface area contributed by atoms with Gasteiger partial charge in [0.15, 0.2) is 11.5 Å². The number of methoxy groups -OCH3 is 2. The summed E-state index contributed by atoms with van der Waals surface area (Å²) >= 11 is 5.62. The summed E-state index contributed by atoms with van der Waals surface area (Å²) in [6.45, 7) is 3.70. The highest BCUT2D eigenvalue weighted by atomic mass is 35.5. The molecule has 0 spiro atoms. The molecule has 116 valence electrons. The normalized spacial score (nSPS) is 16.3. The number of amides is 1. The van der Waals surface area contributed by atoms with Crippen LogP contribution in [0.15, 0.2) is 11.0 Å². The molecule has 0 atom stereocenters. The molecule has 1 aliphatic rings. The number of ether oxygens (including phenoxy) is 2. The molecule has 1 aromatic carbocycles. The number of halogens is 1. The molecule has 0 aromatic heterocycles. The molecular weight excluding hydrogens is 318 g/mol. The molecular formula is C13H16ClNO5S. The molecule has 1 aromatic rings. The highest BCUT2D eigenvalue weighted by Gasteiger charge is 2.44. The maximum absolute atomic E-state index is 12.4. The first-order chi connectivity index (χ1) is 9.81. The lowest BCUT2D eigenvalue weighted by Crippen LogP contribution is -2.28. The number of alkyl halides is 1. The highest BCUT2D eigenvalue weighted by molar-refractivity contribution is 7.90. The minimum Gasteiger partial charge on any atom is -0.493 e. The van der Waals surface area contributed by atoms with Crippen LogP contribution in [0.3, 0.4) is 0 Å². The Kier molecular flexibility index (Phi) is 4.08. The molecule has 1 amide bonds. The van der Waals surface area contributed by atoms with Gasteiger partial charge in [0.25, 0.3) is 15.9 Å². The topological polar surface area (TPSA) is 72.9 Å². The second kappa shape index (κ2) is 5.38. The summed E-state index contributed by atoms with van der Waals surface area (Å²) < 4.78 is 35.9. The molecule has 2 rings (SSSR count). The van der Waals surface area contributed by atoms with Gasteiger partial charge in [-0.3, -0.25) is 4.79 Å². The molecule has 0 saturated heterocycles. The molecule has 0 aliphatic carbocycles. The van der Waals surface area contributed by atoms with Crippen LogP contribution in [0.4, 0.5) is 0 Å². The summed E-state index contributed by atoms with van der Waals surface area (Å²) in [6, 6.07) is 0.873. The molecule has 1 heterocycles. The quantitative estimate of drug-likeness (QED) is 0.623. The van der Waals surface area contributed by atoms with Crippen LogP contribution < -0.4 is 9.47 Å². The van der Waals surface area contributed by atoms with Gasteiger partial charge in [-0.05, 0) is 5.92 Å². The molecule has 21 heavy (non-hydrogen) atoms. The highest BCUT2D eigenvalue weighted by Crippen LogP contribution is 2.45. The molecule has 0 bridgehead atoms. The summed E-state index contributed by atoms with van der Waals surface area (Å²) in [5, 5.41) is 0. The third-order valence-corrected chi connectivity index (χ3v) is 5.50. The number of sulfonamides is 1. The summed E-state index contributed by atoms with van der Waals surface area (Å²) in [6.07, 6.45) is 0. The van der Waals surface area contributed by atoms with Gasteiger partial charge in [0.05, 0.1) is 19.8 Å². The SMILES string of the molecule is COc1cc2c(c(C(C)C)c1OC)C(=O)N(CCl)S2(=O)=O. The molecule has 8 heteroatoms.